The van der Waals surface area contributed by atoms with E-state index in [2.05, 4.69) is 10.3 Å². The van der Waals surface area contributed by atoms with Crippen molar-refractivity contribution in [3.63, 3.8) is 0 Å². The number of aromatic amines is 1. The largest absolute Gasteiger partial charge is 0.508 e. The molecule has 2 aromatic rings. The second-order valence-corrected chi connectivity index (χ2v) is 5.99. The molecule has 0 bridgehead atoms. The van der Waals surface area contributed by atoms with E-state index < -0.39 is 0 Å². The Kier molecular flexibility index (Phi) is 4.59. The molecule has 3 N–H and O–H groups in total. The molecule has 0 aliphatic carbocycles. The first-order chi connectivity index (χ1) is 10.7. The Balaban J connectivity index is 1.78. The molecule has 0 saturated carbocycles. The van der Waals surface area contributed by atoms with Gasteiger partial charge in [0.05, 0.1) is 0 Å². The molecule has 4 heteroatoms. The second kappa shape index (κ2) is 6.79. The van der Waals surface area contributed by atoms with Gasteiger partial charge >= 0.3 is 0 Å². The molecule has 1 saturated heterocycles. The summed E-state index contributed by atoms with van der Waals surface area (Å²) in [5, 5.41) is 13.5. The van der Waals surface area contributed by atoms with Crippen molar-refractivity contribution in [2.24, 2.45) is 0 Å². The fraction of sp³-hybridized carbons (Fsp3) is 0.389. The number of pyridine rings is 1. The summed E-state index contributed by atoms with van der Waals surface area (Å²) < 4.78 is 0. The van der Waals surface area contributed by atoms with Crippen LogP contribution in [0, 0.1) is 0 Å². The Morgan fingerprint density at radius 1 is 1.23 bits per heavy atom. The number of hydrogen-bond acceptors (Lipinski definition) is 3. The van der Waals surface area contributed by atoms with Crippen LogP contribution in [-0.2, 0) is 6.42 Å². The first-order valence-corrected chi connectivity index (χ1v) is 7.97. The summed E-state index contributed by atoms with van der Waals surface area (Å²) >= 11 is 0. The summed E-state index contributed by atoms with van der Waals surface area (Å²) in [4.78, 5) is 14.6. The molecule has 0 unspecified atom stereocenters. The Hall–Kier alpha value is -2.07. The molecule has 0 radical (unpaired) electrons. The average Bonchev–Trinajstić information content (AvgIpc) is 2.54. The standard InChI is InChI=1S/C18H22N2O2/c21-16-11-13(6-7-15-4-1-2-8-19-15)10-14(12-16)17-5-3-9-20-18(17)22/h3,5,9-12,15,19,21H,1-2,4,6-8H2,(H,20,22)/t15-/m1/s1. The summed E-state index contributed by atoms with van der Waals surface area (Å²) in [7, 11) is 0. The highest BCUT2D eigenvalue weighted by molar-refractivity contribution is 5.65. The van der Waals surface area contributed by atoms with Crippen molar-refractivity contribution in [2.45, 2.75) is 38.1 Å². The van der Waals surface area contributed by atoms with Gasteiger partial charge < -0.3 is 15.4 Å². The molecular formula is C18H22N2O2. The van der Waals surface area contributed by atoms with Gasteiger partial charge in [-0.1, -0.05) is 12.5 Å². The van der Waals surface area contributed by atoms with Crippen LogP contribution in [-0.4, -0.2) is 22.7 Å². The van der Waals surface area contributed by atoms with E-state index in [4.69, 9.17) is 0 Å². The van der Waals surface area contributed by atoms with Crippen molar-refractivity contribution >= 4 is 0 Å². The minimum Gasteiger partial charge on any atom is -0.508 e. The number of aromatic nitrogens is 1. The predicted octanol–water partition coefficient (Wildman–Crippen LogP) is 2.82. The highest BCUT2D eigenvalue weighted by atomic mass is 16.3. The summed E-state index contributed by atoms with van der Waals surface area (Å²) in [5.41, 5.74) is 2.31. The Bertz CT molecular complexity index is 687. The molecule has 0 amide bonds. The number of phenols is 1. The Labute approximate surface area is 130 Å². The van der Waals surface area contributed by atoms with Crippen LogP contribution in [0.3, 0.4) is 0 Å². The Morgan fingerprint density at radius 2 is 2.14 bits per heavy atom. The normalized spacial score (nSPS) is 18.3. The number of piperidine rings is 1. The van der Waals surface area contributed by atoms with Crippen molar-refractivity contribution in [3.8, 4) is 16.9 Å². The summed E-state index contributed by atoms with van der Waals surface area (Å²) in [6.45, 7) is 1.11. The number of rotatable bonds is 4. The third kappa shape index (κ3) is 3.57. The minimum atomic E-state index is -0.131. The quantitative estimate of drug-likeness (QED) is 0.813. The summed E-state index contributed by atoms with van der Waals surface area (Å²) in [6, 6.07) is 9.59. The number of nitrogens with one attached hydrogen (secondary N) is 2. The van der Waals surface area contributed by atoms with Gasteiger partial charge in [-0.15, -0.1) is 0 Å². The number of hydrogen-bond donors (Lipinski definition) is 3. The molecule has 0 spiro atoms. The Morgan fingerprint density at radius 3 is 2.91 bits per heavy atom. The molecular weight excluding hydrogens is 276 g/mol. The molecule has 4 nitrogen and oxygen atoms in total. The first kappa shape index (κ1) is 14.9. The molecule has 1 aliphatic rings. The van der Waals surface area contributed by atoms with Crippen LogP contribution in [0.2, 0.25) is 0 Å². The molecule has 3 rings (SSSR count). The van der Waals surface area contributed by atoms with Crippen molar-refractivity contribution in [1.82, 2.24) is 10.3 Å². The van der Waals surface area contributed by atoms with Gasteiger partial charge in [0.25, 0.3) is 5.56 Å². The van der Waals surface area contributed by atoms with Crippen LogP contribution in [0.5, 0.6) is 5.75 Å². The molecule has 116 valence electrons. The lowest BCUT2D eigenvalue weighted by atomic mass is 9.96. The lowest BCUT2D eigenvalue weighted by Crippen LogP contribution is -2.34. The third-order valence-corrected chi connectivity index (χ3v) is 4.30. The monoisotopic (exact) mass is 298 g/mol. The highest BCUT2D eigenvalue weighted by Crippen LogP contribution is 2.24. The predicted molar refractivity (Wildman–Crippen MR) is 88.1 cm³/mol. The van der Waals surface area contributed by atoms with Crippen LogP contribution < -0.4 is 10.9 Å². The van der Waals surface area contributed by atoms with E-state index in [-0.39, 0.29) is 11.3 Å². The van der Waals surface area contributed by atoms with E-state index in [1.54, 1.807) is 30.5 Å². The van der Waals surface area contributed by atoms with Gasteiger partial charge in [-0.2, -0.15) is 0 Å². The van der Waals surface area contributed by atoms with Crippen molar-refractivity contribution in [2.75, 3.05) is 6.54 Å². The maximum absolute atomic E-state index is 11.9. The number of aromatic hydroxyl groups is 1. The topological polar surface area (TPSA) is 65.1 Å². The number of benzene rings is 1. The van der Waals surface area contributed by atoms with Crippen molar-refractivity contribution in [3.05, 3.63) is 52.4 Å². The van der Waals surface area contributed by atoms with E-state index in [1.807, 2.05) is 6.07 Å². The zero-order valence-electron chi connectivity index (χ0n) is 12.6. The SMILES string of the molecule is O=c1[nH]cccc1-c1cc(O)cc(CC[C@H]2CCCCN2)c1. The number of aryl methyl sites for hydroxylation is 1. The highest BCUT2D eigenvalue weighted by Gasteiger charge is 2.13. The first-order valence-electron chi connectivity index (χ1n) is 7.97. The van der Waals surface area contributed by atoms with Gasteiger partial charge in [0.1, 0.15) is 5.75 Å². The second-order valence-electron chi connectivity index (χ2n) is 5.99. The molecule has 1 fully saturated rings. The average molecular weight is 298 g/mol. The van der Waals surface area contributed by atoms with Crippen LogP contribution in [0.15, 0.2) is 41.3 Å². The van der Waals surface area contributed by atoms with Gasteiger partial charge in [-0.25, -0.2) is 0 Å². The molecule has 22 heavy (non-hydrogen) atoms. The maximum Gasteiger partial charge on any atom is 0.255 e. The van der Waals surface area contributed by atoms with Crippen LogP contribution in [0.4, 0.5) is 0 Å². The summed E-state index contributed by atoms with van der Waals surface area (Å²) in [6.07, 6.45) is 7.37. The fourth-order valence-corrected chi connectivity index (χ4v) is 3.13. The molecule has 1 aromatic carbocycles. The third-order valence-electron chi connectivity index (χ3n) is 4.30. The zero-order chi connectivity index (χ0) is 15.4. The van der Waals surface area contributed by atoms with Crippen LogP contribution in [0.25, 0.3) is 11.1 Å². The number of phenolic OH excluding ortho intramolecular Hbond substituents is 1. The van der Waals surface area contributed by atoms with E-state index in [1.165, 1.54) is 19.3 Å². The molecule has 2 heterocycles. The van der Waals surface area contributed by atoms with E-state index in [9.17, 15) is 9.90 Å². The smallest absolute Gasteiger partial charge is 0.255 e. The summed E-state index contributed by atoms with van der Waals surface area (Å²) in [5.74, 6) is 0.215. The lowest BCUT2D eigenvalue weighted by Gasteiger charge is -2.23. The molecule has 1 aromatic heterocycles. The maximum atomic E-state index is 11.9. The lowest BCUT2D eigenvalue weighted by molar-refractivity contribution is 0.382. The van der Waals surface area contributed by atoms with E-state index in [0.29, 0.717) is 11.6 Å². The van der Waals surface area contributed by atoms with Gasteiger partial charge in [0.15, 0.2) is 0 Å². The van der Waals surface area contributed by atoms with Gasteiger partial charge in [0, 0.05) is 17.8 Å². The van der Waals surface area contributed by atoms with Gasteiger partial charge in [-0.3, -0.25) is 4.79 Å². The van der Waals surface area contributed by atoms with Crippen molar-refractivity contribution in [1.29, 1.82) is 0 Å². The molecule has 1 atom stereocenters. The van der Waals surface area contributed by atoms with Crippen LogP contribution in [0.1, 0.15) is 31.2 Å². The fourth-order valence-electron chi connectivity index (χ4n) is 3.13. The minimum absolute atomic E-state index is 0.131. The van der Waals surface area contributed by atoms with E-state index in [0.717, 1.165) is 30.5 Å². The number of H-pyrrole nitrogens is 1. The van der Waals surface area contributed by atoms with Gasteiger partial charge in [-0.05, 0) is 67.6 Å². The van der Waals surface area contributed by atoms with E-state index >= 15 is 0 Å². The van der Waals surface area contributed by atoms with Gasteiger partial charge in [0.2, 0.25) is 0 Å². The zero-order valence-corrected chi connectivity index (χ0v) is 12.6. The van der Waals surface area contributed by atoms with Crippen molar-refractivity contribution < 1.29 is 5.11 Å². The van der Waals surface area contributed by atoms with Crippen LogP contribution >= 0.6 is 0 Å². The molecule has 1 aliphatic heterocycles.